The first-order chi connectivity index (χ1) is 8.75. The van der Waals surface area contributed by atoms with E-state index in [1.165, 1.54) is 0 Å². The van der Waals surface area contributed by atoms with Gasteiger partial charge in [-0.3, -0.25) is 0 Å². The van der Waals surface area contributed by atoms with Crippen LogP contribution in [0.2, 0.25) is 0 Å². The van der Waals surface area contributed by atoms with Crippen molar-refractivity contribution in [3.63, 3.8) is 0 Å². The van der Waals surface area contributed by atoms with Gasteiger partial charge in [-0.2, -0.15) is 0 Å². The lowest BCUT2D eigenvalue weighted by molar-refractivity contribution is 0.0248. The molecule has 0 aromatic heterocycles. The number of aromatic hydroxyl groups is 1. The van der Waals surface area contributed by atoms with Crippen molar-refractivity contribution in [2.45, 2.75) is 12.5 Å². The van der Waals surface area contributed by atoms with Gasteiger partial charge in [0.05, 0.1) is 5.56 Å². The summed E-state index contributed by atoms with van der Waals surface area (Å²) in [5, 5.41) is 9.81. The summed E-state index contributed by atoms with van der Waals surface area (Å²) in [6.07, 6.45) is 0.188. The monoisotopic (exact) mass is 240 g/mol. The lowest BCUT2D eigenvalue weighted by Gasteiger charge is -2.25. The summed E-state index contributed by atoms with van der Waals surface area (Å²) in [5.41, 5.74) is 2.23. The van der Waals surface area contributed by atoms with Crippen molar-refractivity contribution in [1.82, 2.24) is 0 Å². The van der Waals surface area contributed by atoms with Crippen LogP contribution in [0.25, 0.3) is 0 Å². The van der Waals surface area contributed by atoms with Crippen LogP contribution in [0.4, 0.5) is 0 Å². The molecule has 1 heterocycles. The standard InChI is InChI=1S/C15H12O3/c16-13-8-4-3-7-12(13)14-9-10-5-1-2-6-11(10)15(17)18-14/h1-8,14,16H,9H2. The predicted octanol–water partition coefficient (Wildman–Crippen LogP) is 2.85. The summed E-state index contributed by atoms with van der Waals surface area (Å²) in [7, 11) is 0. The Morgan fingerprint density at radius 3 is 2.61 bits per heavy atom. The second-order valence-corrected chi connectivity index (χ2v) is 4.31. The Morgan fingerprint density at radius 1 is 1.06 bits per heavy atom. The number of rotatable bonds is 1. The van der Waals surface area contributed by atoms with Gasteiger partial charge in [-0.05, 0) is 17.7 Å². The normalized spacial score (nSPS) is 18.0. The van der Waals surface area contributed by atoms with Crippen LogP contribution in [0.3, 0.4) is 0 Å². The molecule has 1 unspecified atom stereocenters. The Hall–Kier alpha value is -2.29. The summed E-state index contributed by atoms with van der Waals surface area (Å²) in [5.74, 6) is -0.167. The highest BCUT2D eigenvalue weighted by atomic mass is 16.5. The highest BCUT2D eigenvalue weighted by Crippen LogP contribution is 2.34. The minimum absolute atomic E-state index is 0.162. The first-order valence-electron chi connectivity index (χ1n) is 5.82. The zero-order valence-electron chi connectivity index (χ0n) is 9.67. The summed E-state index contributed by atoms with van der Waals surface area (Å²) in [6.45, 7) is 0. The molecule has 2 aromatic rings. The van der Waals surface area contributed by atoms with Crippen LogP contribution in [0.1, 0.15) is 27.6 Å². The molecule has 0 saturated heterocycles. The second-order valence-electron chi connectivity index (χ2n) is 4.31. The molecule has 0 bridgehead atoms. The highest BCUT2D eigenvalue weighted by molar-refractivity contribution is 5.92. The number of fused-ring (bicyclic) bond motifs is 1. The summed E-state index contributed by atoms with van der Waals surface area (Å²) >= 11 is 0. The number of carbonyl (C=O) groups is 1. The minimum atomic E-state index is -0.409. The average Bonchev–Trinajstić information content (AvgIpc) is 2.39. The molecular weight excluding hydrogens is 228 g/mol. The fourth-order valence-corrected chi connectivity index (χ4v) is 2.26. The SMILES string of the molecule is O=C1OC(c2ccccc2O)Cc2ccccc21. The molecule has 3 rings (SSSR count). The van der Waals surface area contributed by atoms with Crippen LogP contribution >= 0.6 is 0 Å². The van der Waals surface area contributed by atoms with Gasteiger partial charge in [-0.15, -0.1) is 0 Å². The largest absolute Gasteiger partial charge is 0.508 e. The van der Waals surface area contributed by atoms with E-state index in [2.05, 4.69) is 0 Å². The van der Waals surface area contributed by atoms with Gasteiger partial charge in [-0.1, -0.05) is 36.4 Å². The van der Waals surface area contributed by atoms with Gasteiger partial charge in [-0.25, -0.2) is 4.79 Å². The number of phenols is 1. The maximum absolute atomic E-state index is 11.9. The van der Waals surface area contributed by atoms with Gasteiger partial charge in [0.25, 0.3) is 0 Å². The van der Waals surface area contributed by atoms with Crippen molar-refractivity contribution in [3.05, 3.63) is 65.2 Å². The fraction of sp³-hybridized carbons (Fsp3) is 0.133. The number of hydrogen-bond donors (Lipinski definition) is 1. The average molecular weight is 240 g/mol. The number of benzene rings is 2. The molecule has 0 fully saturated rings. The maximum atomic E-state index is 11.9. The number of phenolic OH excluding ortho intramolecular Hbond substituents is 1. The van der Waals surface area contributed by atoms with E-state index in [0.29, 0.717) is 17.5 Å². The molecule has 0 saturated carbocycles. The van der Waals surface area contributed by atoms with Crippen molar-refractivity contribution >= 4 is 5.97 Å². The number of para-hydroxylation sites is 1. The molecule has 2 aromatic carbocycles. The zero-order chi connectivity index (χ0) is 12.5. The summed E-state index contributed by atoms with van der Waals surface area (Å²) in [6, 6.07) is 14.4. The van der Waals surface area contributed by atoms with E-state index in [9.17, 15) is 9.90 Å². The van der Waals surface area contributed by atoms with E-state index in [-0.39, 0.29) is 11.7 Å². The minimum Gasteiger partial charge on any atom is -0.508 e. The molecule has 1 aliphatic heterocycles. The molecule has 90 valence electrons. The van der Waals surface area contributed by atoms with E-state index in [1.54, 1.807) is 24.3 Å². The van der Waals surface area contributed by atoms with Crippen LogP contribution in [0, 0.1) is 0 Å². The number of ether oxygens (including phenoxy) is 1. The molecule has 3 heteroatoms. The molecule has 1 aliphatic rings. The maximum Gasteiger partial charge on any atom is 0.339 e. The van der Waals surface area contributed by atoms with Crippen molar-refractivity contribution in [2.75, 3.05) is 0 Å². The molecular formula is C15H12O3. The fourth-order valence-electron chi connectivity index (χ4n) is 2.26. The van der Waals surface area contributed by atoms with Crippen LogP contribution in [-0.4, -0.2) is 11.1 Å². The molecule has 0 spiro atoms. The molecule has 0 amide bonds. The van der Waals surface area contributed by atoms with Crippen LogP contribution in [0.15, 0.2) is 48.5 Å². The van der Waals surface area contributed by atoms with Crippen LogP contribution in [-0.2, 0) is 11.2 Å². The van der Waals surface area contributed by atoms with Crippen molar-refractivity contribution in [3.8, 4) is 5.75 Å². The summed E-state index contributed by atoms with van der Waals surface area (Å²) in [4.78, 5) is 11.9. The number of hydrogen-bond acceptors (Lipinski definition) is 3. The first kappa shape index (κ1) is 10.8. The van der Waals surface area contributed by atoms with Crippen LogP contribution < -0.4 is 0 Å². The number of carbonyl (C=O) groups excluding carboxylic acids is 1. The molecule has 0 aliphatic carbocycles. The van der Waals surface area contributed by atoms with Gasteiger partial charge in [0.15, 0.2) is 0 Å². The molecule has 1 N–H and O–H groups in total. The van der Waals surface area contributed by atoms with E-state index in [0.717, 1.165) is 5.56 Å². The predicted molar refractivity (Wildman–Crippen MR) is 66.4 cm³/mol. The topological polar surface area (TPSA) is 46.5 Å². The second kappa shape index (κ2) is 4.18. The first-order valence-corrected chi connectivity index (χ1v) is 5.82. The Balaban J connectivity index is 2.00. The third-order valence-electron chi connectivity index (χ3n) is 3.18. The Kier molecular flexibility index (Phi) is 2.52. The van der Waals surface area contributed by atoms with Gasteiger partial charge < -0.3 is 9.84 Å². The number of esters is 1. The van der Waals surface area contributed by atoms with Crippen LogP contribution in [0.5, 0.6) is 5.75 Å². The quantitative estimate of drug-likeness (QED) is 0.779. The summed E-state index contributed by atoms with van der Waals surface area (Å²) < 4.78 is 5.38. The van der Waals surface area contributed by atoms with E-state index < -0.39 is 6.10 Å². The number of cyclic esters (lactones) is 1. The molecule has 18 heavy (non-hydrogen) atoms. The lowest BCUT2D eigenvalue weighted by atomic mass is 9.94. The Labute approximate surface area is 105 Å². The molecule has 0 radical (unpaired) electrons. The Morgan fingerprint density at radius 2 is 1.78 bits per heavy atom. The van der Waals surface area contributed by atoms with E-state index in [1.807, 2.05) is 24.3 Å². The van der Waals surface area contributed by atoms with E-state index in [4.69, 9.17) is 4.74 Å². The lowest BCUT2D eigenvalue weighted by Crippen LogP contribution is -2.21. The van der Waals surface area contributed by atoms with Crippen molar-refractivity contribution in [2.24, 2.45) is 0 Å². The van der Waals surface area contributed by atoms with Gasteiger partial charge in [0, 0.05) is 12.0 Å². The molecule has 1 atom stereocenters. The molecule has 3 nitrogen and oxygen atoms in total. The smallest absolute Gasteiger partial charge is 0.339 e. The highest BCUT2D eigenvalue weighted by Gasteiger charge is 2.28. The zero-order valence-corrected chi connectivity index (χ0v) is 9.67. The van der Waals surface area contributed by atoms with Crippen molar-refractivity contribution in [1.29, 1.82) is 0 Å². The van der Waals surface area contributed by atoms with Gasteiger partial charge in [0.1, 0.15) is 11.9 Å². The van der Waals surface area contributed by atoms with E-state index >= 15 is 0 Å². The van der Waals surface area contributed by atoms with Crippen molar-refractivity contribution < 1.29 is 14.6 Å². The third kappa shape index (κ3) is 1.74. The third-order valence-corrected chi connectivity index (χ3v) is 3.18. The van der Waals surface area contributed by atoms with Gasteiger partial charge in [0.2, 0.25) is 0 Å². The van der Waals surface area contributed by atoms with Gasteiger partial charge >= 0.3 is 5.97 Å². The Bertz CT molecular complexity index is 604.